The van der Waals surface area contributed by atoms with E-state index in [1.807, 2.05) is 0 Å². The van der Waals surface area contributed by atoms with Gasteiger partial charge in [-0.15, -0.1) is 0 Å². The maximum atomic E-state index is 13.9. The van der Waals surface area contributed by atoms with Gasteiger partial charge in [0.2, 0.25) is 11.8 Å². The summed E-state index contributed by atoms with van der Waals surface area (Å²) in [6.45, 7) is 2.08. The van der Waals surface area contributed by atoms with Gasteiger partial charge in [0.05, 0.1) is 13.0 Å². The zero-order valence-electron chi connectivity index (χ0n) is 15.0. The van der Waals surface area contributed by atoms with Crippen molar-refractivity contribution < 1.29 is 23.1 Å². The van der Waals surface area contributed by atoms with E-state index in [0.29, 0.717) is 39.1 Å². The van der Waals surface area contributed by atoms with Crippen molar-refractivity contribution in [2.24, 2.45) is 0 Å². The van der Waals surface area contributed by atoms with E-state index >= 15 is 0 Å². The number of carbonyl (C=O) groups excluding carboxylic acids is 2. The molecule has 0 aromatic heterocycles. The normalized spacial score (nSPS) is 23.1. The molecular weight excluding hydrogens is 342 g/mol. The highest BCUT2D eigenvalue weighted by atomic mass is 19.2. The van der Waals surface area contributed by atoms with Crippen LogP contribution < -0.4 is 0 Å². The van der Waals surface area contributed by atoms with E-state index in [1.54, 1.807) is 16.9 Å². The van der Waals surface area contributed by atoms with Crippen molar-refractivity contribution in [2.45, 2.75) is 37.6 Å². The Morgan fingerprint density at radius 1 is 1.23 bits per heavy atom. The number of nitrogens with zero attached hydrogens (tertiary/aromatic N) is 2. The van der Waals surface area contributed by atoms with Crippen molar-refractivity contribution in [2.75, 3.05) is 33.4 Å². The predicted octanol–water partition coefficient (Wildman–Crippen LogP) is 2.14. The molecule has 1 aromatic rings. The number of carbonyl (C=O) groups is 2. The predicted molar refractivity (Wildman–Crippen MR) is 91.4 cm³/mol. The lowest BCUT2D eigenvalue weighted by Crippen LogP contribution is -2.61. The summed E-state index contributed by atoms with van der Waals surface area (Å²) in [6.07, 6.45) is 2.55. The van der Waals surface area contributed by atoms with Crippen LogP contribution in [0, 0.1) is 11.6 Å². The molecule has 2 aliphatic rings. The Morgan fingerprint density at radius 3 is 2.69 bits per heavy atom. The van der Waals surface area contributed by atoms with E-state index in [4.69, 9.17) is 4.74 Å². The molecule has 2 fully saturated rings. The van der Waals surface area contributed by atoms with Gasteiger partial charge in [0.1, 0.15) is 5.54 Å². The third-order valence-corrected chi connectivity index (χ3v) is 5.43. The molecule has 142 valence electrons. The molecule has 26 heavy (non-hydrogen) atoms. The van der Waals surface area contributed by atoms with Gasteiger partial charge >= 0.3 is 0 Å². The summed E-state index contributed by atoms with van der Waals surface area (Å²) >= 11 is 0. The molecule has 1 atom stereocenters. The summed E-state index contributed by atoms with van der Waals surface area (Å²) < 4.78 is 32.4. The fourth-order valence-corrected chi connectivity index (χ4v) is 4.15. The van der Waals surface area contributed by atoms with Crippen molar-refractivity contribution in [3.05, 3.63) is 35.4 Å². The van der Waals surface area contributed by atoms with Gasteiger partial charge in [-0.3, -0.25) is 9.59 Å². The molecule has 2 saturated heterocycles. The van der Waals surface area contributed by atoms with Gasteiger partial charge in [-0.2, -0.15) is 0 Å². The SMILES string of the molecule is COCCN1CCCC2(CCCN2C(=O)Cc2cccc(F)c2F)C1=O. The van der Waals surface area contributed by atoms with Crippen molar-refractivity contribution in [3.8, 4) is 0 Å². The molecule has 1 spiro atoms. The molecule has 1 unspecified atom stereocenters. The Balaban J connectivity index is 1.79. The molecule has 2 amide bonds. The second kappa shape index (κ2) is 7.70. The number of hydrogen-bond acceptors (Lipinski definition) is 3. The Bertz CT molecular complexity index is 697. The molecule has 0 bridgehead atoms. The van der Waals surface area contributed by atoms with Crippen LogP contribution in [0.3, 0.4) is 0 Å². The van der Waals surface area contributed by atoms with Crippen molar-refractivity contribution >= 4 is 11.8 Å². The summed E-state index contributed by atoms with van der Waals surface area (Å²) in [5.41, 5.74) is -0.816. The Labute approximate surface area is 151 Å². The van der Waals surface area contributed by atoms with Crippen LogP contribution in [0.4, 0.5) is 8.78 Å². The highest BCUT2D eigenvalue weighted by Crippen LogP contribution is 2.38. The first-order chi connectivity index (χ1) is 12.5. The van der Waals surface area contributed by atoms with Gasteiger partial charge in [-0.1, -0.05) is 12.1 Å². The highest BCUT2D eigenvalue weighted by molar-refractivity contribution is 5.93. The molecule has 2 heterocycles. The van der Waals surface area contributed by atoms with Gasteiger partial charge < -0.3 is 14.5 Å². The molecule has 3 rings (SSSR count). The molecule has 7 heteroatoms. The standard InChI is InChI=1S/C19H24F2N2O3/c1-26-12-11-22-9-3-7-19(18(22)25)8-4-10-23(19)16(24)13-14-5-2-6-15(20)17(14)21/h2,5-6H,3-4,7-13H2,1H3. The maximum Gasteiger partial charge on any atom is 0.248 e. The van der Waals surface area contributed by atoms with Crippen LogP contribution in [0.25, 0.3) is 0 Å². The first-order valence-corrected chi connectivity index (χ1v) is 9.01. The van der Waals surface area contributed by atoms with Gasteiger partial charge in [-0.05, 0) is 31.7 Å². The highest BCUT2D eigenvalue weighted by Gasteiger charge is 2.52. The summed E-state index contributed by atoms with van der Waals surface area (Å²) in [4.78, 5) is 29.3. The smallest absolute Gasteiger partial charge is 0.248 e. The van der Waals surface area contributed by atoms with Crippen LogP contribution in [0.5, 0.6) is 0 Å². The molecule has 0 aliphatic carbocycles. The van der Waals surface area contributed by atoms with E-state index in [2.05, 4.69) is 0 Å². The van der Waals surface area contributed by atoms with Crippen LogP contribution in [0.1, 0.15) is 31.2 Å². The monoisotopic (exact) mass is 366 g/mol. The van der Waals surface area contributed by atoms with Gasteiger partial charge in [0.15, 0.2) is 11.6 Å². The van der Waals surface area contributed by atoms with Crippen LogP contribution in [0.15, 0.2) is 18.2 Å². The van der Waals surface area contributed by atoms with E-state index in [9.17, 15) is 18.4 Å². The lowest BCUT2D eigenvalue weighted by molar-refractivity contribution is -0.155. The number of methoxy groups -OCH3 is 1. The summed E-state index contributed by atoms with van der Waals surface area (Å²) in [5.74, 6) is -2.34. The van der Waals surface area contributed by atoms with E-state index < -0.39 is 17.2 Å². The van der Waals surface area contributed by atoms with E-state index in [1.165, 1.54) is 12.1 Å². The number of halogens is 2. The first-order valence-electron chi connectivity index (χ1n) is 9.01. The van der Waals surface area contributed by atoms with Crippen molar-refractivity contribution in [3.63, 3.8) is 0 Å². The average molecular weight is 366 g/mol. The fraction of sp³-hybridized carbons (Fsp3) is 0.579. The Kier molecular flexibility index (Phi) is 5.55. The number of likely N-dealkylation sites (tertiary alicyclic amines) is 2. The minimum Gasteiger partial charge on any atom is -0.383 e. The number of benzene rings is 1. The Morgan fingerprint density at radius 2 is 1.96 bits per heavy atom. The molecule has 1 aromatic carbocycles. The zero-order valence-corrected chi connectivity index (χ0v) is 15.0. The lowest BCUT2D eigenvalue weighted by atomic mass is 9.85. The number of amides is 2. The van der Waals surface area contributed by atoms with Crippen LogP contribution in [-0.4, -0.2) is 60.5 Å². The van der Waals surface area contributed by atoms with Gasteiger partial charge in [0.25, 0.3) is 0 Å². The Hall–Kier alpha value is -2.02. The lowest BCUT2D eigenvalue weighted by Gasteiger charge is -2.44. The molecule has 0 N–H and O–H groups in total. The summed E-state index contributed by atoms with van der Waals surface area (Å²) in [6, 6.07) is 3.82. The van der Waals surface area contributed by atoms with Gasteiger partial charge in [0, 0.05) is 32.3 Å². The van der Waals surface area contributed by atoms with E-state index in [-0.39, 0.29) is 23.8 Å². The second-order valence-corrected chi connectivity index (χ2v) is 6.96. The minimum absolute atomic E-state index is 0.0246. The first kappa shape index (κ1) is 18.8. The fourth-order valence-electron chi connectivity index (χ4n) is 4.15. The minimum atomic E-state index is -0.995. The number of hydrogen-bond donors (Lipinski definition) is 0. The second-order valence-electron chi connectivity index (χ2n) is 6.96. The van der Waals surface area contributed by atoms with Crippen LogP contribution >= 0.6 is 0 Å². The van der Waals surface area contributed by atoms with Gasteiger partial charge in [-0.25, -0.2) is 8.78 Å². The van der Waals surface area contributed by atoms with Crippen molar-refractivity contribution in [1.82, 2.24) is 9.80 Å². The maximum absolute atomic E-state index is 13.9. The zero-order chi connectivity index (χ0) is 18.7. The van der Waals surface area contributed by atoms with Crippen molar-refractivity contribution in [1.29, 1.82) is 0 Å². The summed E-state index contributed by atoms with van der Waals surface area (Å²) in [5, 5.41) is 0. The number of rotatable bonds is 5. The molecule has 5 nitrogen and oxygen atoms in total. The summed E-state index contributed by atoms with van der Waals surface area (Å²) in [7, 11) is 1.59. The third-order valence-electron chi connectivity index (χ3n) is 5.43. The topological polar surface area (TPSA) is 49.9 Å². The van der Waals surface area contributed by atoms with Crippen LogP contribution in [0.2, 0.25) is 0 Å². The molecular formula is C19H24F2N2O3. The molecule has 2 aliphatic heterocycles. The average Bonchev–Trinajstić information content (AvgIpc) is 3.05. The quantitative estimate of drug-likeness (QED) is 0.802. The van der Waals surface area contributed by atoms with Crippen LogP contribution in [-0.2, 0) is 20.7 Å². The number of piperidine rings is 1. The van der Waals surface area contributed by atoms with E-state index in [0.717, 1.165) is 18.9 Å². The molecule has 0 radical (unpaired) electrons. The number of ether oxygens (including phenoxy) is 1. The molecule has 0 saturated carbocycles. The third kappa shape index (κ3) is 3.32. The largest absolute Gasteiger partial charge is 0.383 e.